The number of nitrogens with two attached hydrogens (primary N) is 1. The van der Waals surface area contributed by atoms with Crippen molar-refractivity contribution in [2.24, 2.45) is 5.14 Å². The lowest BCUT2D eigenvalue weighted by Gasteiger charge is -2.06. The van der Waals surface area contributed by atoms with Gasteiger partial charge in [-0.15, -0.1) is 11.8 Å². The van der Waals surface area contributed by atoms with Crippen molar-refractivity contribution >= 4 is 27.5 Å². The minimum Gasteiger partial charge on any atom is -0.494 e. The first-order valence-corrected chi connectivity index (χ1v) is 7.60. The van der Waals surface area contributed by atoms with E-state index in [9.17, 15) is 22.9 Å². The van der Waals surface area contributed by atoms with Crippen LogP contribution < -0.4 is 9.88 Å². The molecule has 10 heteroatoms. The molecule has 0 saturated heterocycles. The molecule has 0 saturated carbocycles. The minimum absolute atomic E-state index is 0.0223. The Labute approximate surface area is 113 Å². The Hall–Kier alpha value is -1.39. The van der Waals surface area contributed by atoms with E-state index in [2.05, 4.69) is 0 Å². The molecule has 0 radical (unpaired) electrons. The summed E-state index contributed by atoms with van der Waals surface area (Å²) in [6.07, 6.45) is 0. The molecular formula is C9H11FN2O5S2. The summed E-state index contributed by atoms with van der Waals surface area (Å²) in [6.45, 7) is 0. The van der Waals surface area contributed by atoms with Crippen LogP contribution in [0.25, 0.3) is 0 Å². The van der Waals surface area contributed by atoms with Crippen LogP contribution in [0.5, 0.6) is 5.75 Å². The molecule has 0 aromatic heterocycles. The lowest BCUT2D eigenvalue weighted by Crippen LogP contribution is -2.17. The van der Waals surface area contributed by atoms with Crippen LogP contribution in [0.2, 0.25) is 0 Å². The van der Waals surface area contributed by atoms with E-state index >= 15 is 0 Å². The summed E-state index contributed by atoms with van der Waals surface area (Å²) < 4.78 is 39.6. The van der Waals surface area contributed by atoms with E-state index in [1.807, 2.05) is 0 Å². The highest BCUT2D eigenvalue weighted by molar-refractivity contribution is 8.00. The number of thioether (sulfide) groups is 1. The lowest BCUT2D eigenvalue weighted by molar-refractivity contribution is -0.387. The summed E-state index contributed by atoms with van der Waals surface area (Å²) in [4.78, 5) is 10.1. The number of primary sulfonamides is 1. The van der Waals surface area contributed by atoms with Crippen LogP contribution >= 0.6 is 11.8 Å². The maximum Gasteiger partial charge on any atom is 0.286 e. The molecule has 0 atom stereocenters. The molecule has 0 aliphatic rings. The zero-order valence-corrected chi connectivity index (χ0v) is 11.5. The van der Waals surface area contributed by atoms with E-state index in [1.54, 1.807) is 0 Å². The first-order valence-electron chi connectivity index (χ1n) is 4.90. The molecule has 7 nitrogen and oxygen atoms in total. The van der Waals surface area contributed by atoms with Gasteiger partial charge in [-0.25, -0.2) is 17.9 Å². The maximum absolute atomic E-state index is 13.3. The monoisotopic (exact) mass is 310 g/mol. The van der Waals surface area contributed by atoms with Gasteiger partial charge in [0, 0.05) is 11.8 Å². The quantitative estimate of drug-likeness (QED) is 0.478. The van der Waals surface area contributed by atoms with Gasteiger partial charge in [0.2, 0.25) is 10.0 Å². The summed E-state index contributed by atoms with van der Waals surface area (Å²) in [5.74, 6) is -1.32. The number of hydrogen-bond acceptors (Lipinski definition) is 6. The van der Waals surface area contributed by atoms with Crippen LogP contribution in [-0.2, 0) is 10.0 Å². The number of rotatable bonds is 6. The Morgan fingerprint density at radius 1 is 1.53 bits per heavy atom. The van der Waals surface area contributed by atoms with Crippen molar-refractivity contribution < 1.29 is 22.5 Å². The van der Waals surface area contributed by atoms with Gasteiger partial charge in [-0.05, 0) is 0 Å². The van der Waals surface area contributed by atoms with Crippen LogP contribution in [-0.4, -0.2) is 32.0 Å². The molecule has 1 aromatic carbocycles. The molecule has 106 valence electrons. The van der Waals surface area contributed by atoms with Crippen LogP contribution in [0.1, 0.15) is 0 Å². The zero-order chi connectivity index (χ0) is 14.6. The molecule has 0 aliphatic carbocycles. The standard InChI is InChI=1S/C9H11FN2O5S2/c1-17-8-5-9(18-2-3-19(11,15)16)7(12(13)14)4-6(8)10/h4-5H,2-3H2,1H3,(H2,11,15,16). The fourth-order valence-electron chi connectivity index (χ4n) is 1.21. The Morgan fingerprint density at radius 2 is 2.16 bits per heavy atom. The fraction of sp³-hybridized carbons (Fsp3) is 0.333. The second-order valence-electron chi connectivity index (χ2n) is 3.43. The van der Waals surface area contributed by atoms with Crippen LogP contribution in [0.3, 0.4) is 0 Å². The first-order chi connectivity index (χ1) is 8.74. The largest absolute Gasteiger partial charge is 0.494 e. The fourth-order valence-corrected chi connectivity index (χ4v) is 3.16. The number of methoxy groups -OCH3 is 1. The highest BCUT2D eigenvalue weighted by Gasteiger charge is 2.19. The van der Waals surface area contributed by atoms with E-state index in [0.29, 0.717) is 0 Å². The van der Waals surface area contributed by atoms with Crippen molar-refractivity contribution in [3.8, 4) is 5.75 Å². The van der Waals surface area contributed by atoms with Gasteiger partial charge >= 0.3 is 0 Å². The van der Waals surface area contributed by atoms with Crippen molar-refractivity contribution in [3.05, 3.63) is 28.1 Å². The van der Waals surface area contributed by atoms with Gasteiger partial charge < -0.3 is 4.74 Å². The number of benzene rings is 1. The number of halogens is 1. The van der Waals surface area contributed by atoms with Crippen molar-refractivity contribution in [2.45, 2.75) is 4.90 Å². The van der Waals surface area contributed by atoms with E-state index in [1.165, 1.54) is 7.11 Å². The second kappa shape index (κ2) is 6.17. The van der Waals surface area contributed by atoms with Gasteiger partial charge in [-0.3, -0.25) is 10.1 Å². The van der Waals surface area contributed by atoms with Gasteiger partial charge in [0.15, 0.2) is 11.6 Å². The molecule has 1 aromatic rings. The first kappa shape index (κ1) is 15.7. The van der Waals surface area contributed by atoms with Crippen molar-refractivity contribution in [1.82, 2.24) is 0 Å². The third-order valence-corrected chi connectivity index (χ3v) is 4.13. The summed E-state index contributed by atoms with van der Waals surface area (Å²) in [5, 5.41) is 15.6. The predicted molar refractivity (Wildman–Crippen MR) is 68.3 cm³/mol. The third kappa shape index (κ3) is 4.65. The average molecular weight is 310 g/mol. The molecule has 0 aliphatic heterocycles. The Morgan fingerprint density at radius 3 is 2.63 bits per heavy atom. The van der Waals surface area contributed by atoms with Gasteiger partial charge in [-0.2, -0.15) is 0 Å². The molecule has 0 fully saturated rings. The van der Waals surface area contributed by atoms with Gasteiger partial charge in [-0.1, -0.05) is 0 Å². The summed E-state index contributed by atoms with van der Waals surface area (Å²) in [6, 6.07) is 1.89. The molecule has 19 heavy (non-hydrogen) atoms. The van der Waals surface area contributed by atoms with Crippen molar-refractivity contribution in [1.29, 1.82) is 0 Å². The smallest absolute Gasteiger partial charge is 0.286 e. The summed E-state index contributed by atoms with van der Waals surface area (Å²) >= 11 is 0.893. The molecule has 0 heterocycles. The van der Waals surface area contributed by atoms with E-state index in [4.69, 9.17) is 9.88 Å². The Balaban J connectivity index is 3.00. The van der Waals surface area contributed by atoms with Crippen LogP contribution in [0.15, 0.2) is 17.0 Å². The lowest BCUT2D eigenvalue weighted by atomic mass is 10.3. The molecule has 0 bridgehead atoms. The van der Waals surface area contributed by atoms with E-state index in [0.717, 1.165) is 23.9 Å². The molecule has 0 unspecified atom stereocenters. The number of ether oxygens (including phenoxy) is 1. The minimum atomic E-state index is -3.65. The molecular weight excluding hydrogens is 299 g/mol. The number of nitro groups is 1. The molecule has 1 rings (SSSR count). The van der Waals surface area contributed by atoms with Crippen LogP contribution in [0.4, 0.5) is 10.1 Å². The highest BCUT2D eigenvalue weighted by Crippen LogP contribution is 2.34. The SMILES string of the molecule is COc1cc(SCCS(N)(=O)=O)c([N+](=O)[O-])cc1F. The van der Waals surface area contributed by atoms with Crippen LogP contribution in [0, 0.1) is 15.9 Å². The topological polar surface area (TPSA) is 113 Å². The molecule has 0 spiro atoms. The zero-order valence-electron chi connectivity index (χ0n) is 9.83. The average Bonchev–Trinajstić information content (AvgIpc) is 2.28. The van der Waals surface area contributed by atoms with E-state index < -0.39 is 26.5 Å². The Kier molecular flexibility index (Phi) is 5.09. The summed E-state index contributed by atoms with van der Waals surface area (Å²) in [5.41, 5.74) is -0.447. The highest BCUT2D eigenvalue weighted by atomic mass is 32.2. The second-order valence-corrected chi connectivity index (χ2v) is 6.30. The van der Waals surface area contributed by atoms with Gasteiger partial charge in [0.1, 0.15) is 0 Å². The van der Waals surface area contributed by atoms with Gasteiger partial charge in [0.25, 0.3) is 5.69 Å². The summed E-state index contributed by atoms with van der Waals surface area (Å²) in [7, 11) is -2.42. The van der Waals surface area contributed by atoms with Crippen molar-refractivity contribution in [2.75, 3.05) is 18.6 Å². The third-order valence-electron chi connectivity index (χ3n) is 2.06. The predicted octanol–water partition coefficient (Wildman–Crippen LogP) is 1.12. The maximum atomic E-state index is 13.3. The molecule has 0 amide bonds. The number of sulfonamides is 1. The number of nitro benzene ring substituents is 1. The van der Waals surface area contributed by atoms with Gasteiger partial charge in [0.05, 0.1) is 28.7 Å². The number of nitrogens with zero attached hydrogens (tertiary/aromatic N) is 1. The Bertz CT molecular complexity index is 591. The molecule has 2 N–H and O–H groups in total. The van der Waals surface area contributed by atoms with E-state index in [-0.39, 0.29) is 22.2 Å². The number of hydrogen-bond donors (Lipinski definition) is 1. The van der Waals surface area contributed by atoms with Crippen molar-refractivity contribution in [3.63, 3.8) is 0 Å². The normalized spacial score (nSPS) is 11.3.